The van der Waals surface area contributed by atoms with E-state index < -0.39 is 0 Å². The van der Waals surface area contributed by atoms with Gasteiger partial charge in [0, 0.05) is 25.3 Å². The molecule has 0 amide bonds. The zero-order valence-electron chi connectivity index (χ0n) is 12.2. The lowest BCUT2D eigenvalue weighted by Gasteiger charge is -2.21. The van der Waals surface area contributed by atoms with E-state index in [1.807, 2.05) is 28.9 Å². The number of aromatic nitrogens is 3. The quantitative estimate of drug-likeness (QED) is 0.803. The first-order valence-corrected chi connectivity index (χ1v) is 8.43. The molecule has 5 nitrogen and oxygen atoms in total. The molecule has 0 aliphatic carbocycles. The van der Waals surface area contributed by atoms with Crippen molar-refractivity contribution >= 4 is 21.4 Å². The molecule has 22 heavy (non-hydrogen) atoms. The number of nitrogens with one attached hydrogen (secondary N) is 1. The van der Waals surface area contributed by atoms with Crippen LogP contribution in [0.5, 0.6) is 0 Å². The molecule has 6 heteroatoms. The summed E-state index contributed by atoms with van der Waals surface area (Å²) in [5, 5.41) is 8.95. The second kappa shape index (κ2) is 6.06. The van der Waals surface area contributed by atoms with Crippen LogP contribution in [0.1, 0.15) is 12.8 Å². The second-order valence-corrected chi connectivity index (χ2v) is 6.52. The number of anilines is 1. The molecule has 114 valence electrons. The molecular formula is C16H18N4OS. The summed E-state index contributed by atoms with van der Waals surface area (Å²) in [6, 6.07) is 10.2. The fourth-order valence-corrected chi connectivity index (χ4v) is 3.49. The van der Waals surface area contributed by atoms with Crippen molar-refractivity contribution in [1.82, 2.24) is 14.6 Å². The highest BCUT2D eigenvalue weighted by Crippen LogP contribution is 2.25. The minimum atomic E-state index is 0.685. The SMILES string of the molecule is c1ccc(-c2cn3nc(NCC4CCOCC4)sc3n2)cc1. The van der Waals surface area contributed by atoms with Gasteiger partial charge in [0.05, 0.1) is 11.9 Å². The van der Waals surface area contributed by atoms with Gasteiger partial charge >= 0.3 is 0 Å². The maximum atomic E-state index is 5.39. The van der Waals surface area contributed by atoms with Crippen molar-refractivity contribution in [3.63, 3.8) is 0 Å². The van der Waals surface area contributed by atoms with Crippen LogP contribution < -0.4 is 5.32 Å². The molecule has 1 N–H and O–H groups in total. The van der Waals surface area contributed by atoms with Gasteiger partial charge < -0.3 is 10.1 Å². The monoisotopic (exact) mass is 314 g/mol. The maximum absolute atomic E-state index is 5.39. The summed E-state index contributed by atoms with van der Waals surface area (Å²) in [6.07, 6.45) is 4.25. The van der Waals surface area contributed by atoms with Gasteiger partial charge in [-0.3, -0.25) is 0 Å². The van der Waals surface area contributed by atoms with Gasteiger partial charge in [0.1, 0.15) is 0 Å². The molecule has 1 aliphatic rings. The van der Waals surface area contributed by atoms with Gasteiger partial charge in [-0.15, -0.1) is 5.10 Å². The summed E-state index contributed by atoms with van der Waals surface area (Å²) in [5.41, 5.74) is 2.09. The van der Waals surface area contributed by atoms with Crippen LogP contribution in [0, 0.1) is 5.92 Å². The molecule has 1 aromatic carbocycles. The van der Waals surface area contributed by atoms with Gasteiger partial charge in [-0.25, -0.2) is 9.50 Å². The maximum Gasteiger partial charge on any atom is 0.214 e. The third-order valence-electron chi connectivity index (χ3n) is 4.00. The number of imidazole rings is 1. The van der Waals surface area contributed by atoms with Crippen molar-refractivity contribution < 1.29 is 4.74 Å². The lowest BCUT2D eigenvalue weighted by atomic mass is 10.0. The highest BCUT2D eigenvalue weighted by molar-refractivity contribution is 7.20. The molecule has 0 atom stereocenters. The Balaban J connectivity index is 1.46. The lowest BCUT2D eigenvalue weighted by molar-refractivity contribution is 0.0699. The first-order valence-electron chi connectivity index (χ1n) is 7.62. The van der Waals surface area contributed by atoms with Crippen LogP contribution in [0.25, 0.3) is 16.2 Å². The summed E-state index contributed by atoms with van der Waals surface area (Å²) in [4.78, 5) is 5.58. The number of nitrogens with zero attached hydrogens (tertiary/aromatic N) is 3. The van der Waals surface area contributed by atoms with Gasteiger partial charge in [0.2, 0.25) is 10.1 Å². The number of ether oxygens (including phenoxy) is 1. The van der Waals surface area contributed by atoms with Gasteiger partial charge in [0.15, 0.2) is 0 Å². The highest BCUT2D eigenvalue weighted by Gasteiger charge is 2.15. The smallest absolute Gasteiger partial charge is 0.214 e. The van der Waals surface area contributed by atoms with Crippen LogP contribution >= 0.6 is 11.3 Å². The van der Waals surface area contributed by atoms with Gasteiger partial charge in [-0.2, -0.15) is 0 Å². The van der Waals surface area contributed by atoms with E-state index in [4.69, 9.17) is 4.74 Å². The first-order chi connectivity index (χ1) is 10.9. The molecule has 0 radical (unpaired) electrons. The lowest BCUT2D eigenvalue weighted by Crippen LogP contribution is -2.22. The standard InChI is InChI=1S/C16H18N4OS/c1-2-4-13(5-3-1)14-11-20-16(18-14)22-15(19-20)17-10-12-6-8-21-9-7-12/h1-5,11-12H,6-10H2,(H,17,19). The fraction of sp³-hybridized carbons (Fsp3) is 0.375. The highest BCUT2D eigenvalue weighted by atomic mass is 32.1. The predicted molar refractivity (Wildman–Crippen MR) is 88.3 cm³/mol. The van der Waals surface area contributed by atoms with E-state index in [9.17, 15) is 0 Å². The second-order valence-electron chi connectivity index (χ2n) is 5.56. The molecular weight excluding hydrogens is 296 g/mol. The number of hydrogen-bond donors (Lipinski definition) is 1. The third kappa shape index (κ3) is 2.84. The molecule has 0 unspecified atom stereocenters. The van der Waals surface area contributed by atoms with E-state index in [0.717, 1.165) is 53.9 Å². The van der Waals surface area contributed by atoms with Crippen molar-refractivity contribution in [3.8, 4) is 11.3 Å². The Labute approximate surface area is 133 Å². The number of benzene rings is 1. The van der Waals surface area contributed by atoms with Crippen LogP contribution in [-0.2, 0) is 4.74 Å². The van der Waals surface area contributed by atoms with Crippen molar-refractivity contribution in [2.75, 3.05) is 25.1 Å². The van der Waals surface area contributed by atoms with Crippen LogP contribution in [0.4, 0.5) is 5.13 Å². The molecule has 4 rings (SSSR count). The predicted octanol–water partition coefficient (Wildman–Crippen LogP) is 3.30. The van der Waals surface area contributed by atoms with Crippen molar-refractivity contribution in [3.05, 3.63) is 36.5 Å². The van der Waals surface area contributed by atoms with Crippen molar-refractivity contribution in [1.29, 1.82) is 0 Å². The molecule has 0 saturated carbocycles. The van der Waals surface area contributed by atoms with E-state index in [0.29, 0.717) is 5.92 Å². The van der Waals surface area contributed by atoms with Gasteiger partial charge in [-0.05, 0) is 18.8 Å². The van der Waals surface area contributed by atoms with E-state index in [1.165, 1.54) is 0 Å². The molecule has 0 bridgehead atoms. The summed E-state index contributed by atoms with van der Waals surface area (Å²) >= 11 is 1.60. The Morgan fingerprint density at radius 1 is 1.23 bits per heavy atom. The van der Waals surface area contributed by atoms with Crippen molar-refractivity contribution in [2.45, 2.75) is 12.8 Å². The molecule has 1 fully saturated rings. The zero-order valence-corrected chi connectivity index (χ0v) is 13.1. The van der Waals surface area contributed by atoms with E-state index in [1.54, 1.807) is 11.3 Å². The third-order valence-corrected chi connectivity index (χ3v) is 4.88. The van der Waals surface area contributed by atoms with Crippen LogP contribution in [0.15, 0.2) is 36.5 Å². The summed E-state index contributed by atoms with van der Waals surface area (Å²) < 4.78 is 7.25. The van der Waals surface area contributed by atoms with E-state index >= 15 is 0 Å². The molecule has 3 aromatic rings. The van der Waals surface area contributed by atoms with Crippen LogP contribution in [-0.4, -0.2) is 34.4 Å². The Bertz CT molecular complexity index is 714. The van der Waals surface area contributed by atoms with E-state index in [-0.39, 0.29) is 0 Å². The Morgan fingerprint density at radius 3 is 2.82 bits per heavy atom. The number of hydrogen-bond acceptors (Lipinski definition) is 5. The topological polar surface area (TPSA) is 51.5 Å². The summed E-state index contributed by atoms with van der Waals surface area (Å²) in [7, 11) is 0. The fourth-order valence-electron chi connectivity index (χ4n) is 2.70. The molecule has 1 saturated heterocycles. The summed E-state index contributed by atoms with van der Waals surface area (Å²) in [6.45, 7) is 2.73. The first kappa shape index (κ1) is 13.7. The minimum Gasteiger partial charge on any atom is -0.381 e. The summed E-state index contributed by atoms with van der Waals surface area (Å²) in [5.74, 6) is 0.685. The number of fused-ring (bicyclic) bond motifs is 1. The average Bonchev–Trinajstić information content (AvgIpc) is 3.13. The molecule has 0 spiro atoms. The van der Waals surface area contributed by atoms with Crippen molar-refractivity contribution in [2.24, 2.45) is 5.92 Å². The number of rotatable bonds is 4. The molecule has 1 aliphatic heterocycles. The van der Waals surface area contributed by atoms with Crippen LogP contribution in [0.3, 0.4) is 0 Å². The minimum absolute atomic E-state index is 0.685. The Kier molecular flexibility index (Phi) is 3.78. The Hall–Kier alpha value is -1.92. The normalized spacial score (nSPS) is 16.2. The zero-order chi connectivity index (χ0) is 14.8. The molecule has 3 heterocycles. The van der Waals surface area contributed by atoms with E-state index in [2.05, 4.69) is 27.5 Å². The average molecular weight is 314 g/mol. The molecule has 2 aromatic heterocycles. The van der Waals surface area contributed by atoms with Gasteiger partial charge in [-0.1, -0.05) is 41.7 Å². The van der Waals surface area contributed by atoms with Gasteiger partial charge in [0.25, 0.3) is 0 Å². The van der Waals surface area contributed by atoms with Crippen LogP contribution in [0.2, 0.25) is 0 Å². The largest absolute Gasteiger partial charge is 0.381 e. The Morgan fingerprint density at radius 2 is 2.05 bits per heavy atom.